The second kappa shape index (κ2) is 12.4. The van der Waals surface area contributed by atoms with Gasteiger partial charge in [-0.3, -0.25) is 13.9 Å². The van der Waals surface area contributed by atoms with E-state index in [4.69, 9.17) is 0 Å². The van der Waals surface area contributed by atoms with E-state index in [1.807, 2.05) is 6.92 Å². The lowest BCUT2D eigenvalue weighted by molar-refractivity contribution is -0.139. The van der Waals surface area contributed by atoms with Crippen molar-refractivity contribution in [3.63, 3.8) is 0 Å². The van der Waals surface area contributed by atoms with Crippen LogP contribution in [0.15, 0.2) is 87.3 Å². The number of fused-ring (bicyclic) bond motifs is 1. The SMILES string of the molecule is CCCCn1c(=O)n(Cc2ccccc2F)c(=O)c2[nH]c(Cc3ccc(NS(=O)c4ccccc4C(F)(F)F)cc3)nc21. The number of halogens is 4. The Balaban J connectivity index is 1.41. The first-order valence-electron chi connectivity index (χ1n) is 13.5. The number of alkyl halides is 3. The number of aromatic amines is 1. The van der Waals surface area contributed by atoms with Crippen molar-refractivity contribution in [2.24, 2.45) is 0 Å². The average Bonchev–Trinajstić information content (AvgIpc) is 3.40. The zero-order valence-corrected chi connectivity index (χ0v) is 23.8. The van der Waals surface area contributed by atoms with Gasteiger partial charge in [0.05, 0.1) is 17.0 Å². The van der Waals surface area contributed by atoms with E-state index < -0.39 is 39.8 Å². The van der Waals surface area contributed by atoms with Gasteiger partial charge in [0.2, 0.25) is 0 Å². The molecule has 0 saturated heterocycles. The van der Waals surface area contributed by atoms with Gasteiger partial charge in [0.25, 0.3) is 5.56 Å². The van der Waals surface area contributed by atoms with Crippen molar-refractivity contribution in [3.05, 3.63) is 122 Å². The number of rotatable bonds is 10. The van der Waals surface area contributed by atoms with Crippen molar-refractivity contribution in [2.45, 2.75) is 50.3 Å². The van der Waals surface area contributed by atoms with Gasteiger partial charge in [0.15, 0.2) is 16.6 Å². The van der Waals surface area contributed by atoms with Gasteiger partial charge in [-0.2, -0.15) is 13.2 Å². The smallest absolute Gasteiger partial charge is 0.336 e. The monoisotopic (exact) mass is 613 g/mol. The molecule has 0 aliphatic carbocycles. The van der Waals surface area contributed by atoms with Gasteiger partial charge in [-0.05, 0) is 42.3 Å². The van der Waals surface area contributed by atoms with Gasteiger partial charge in [-0.25, -0.2) is 18.4 Å². The molecule has 0 bridgehead atoms. The molecule has 2 heterocycles. The van der Waals surface area contributed by atoms with Gasteiger partial charge < -0.3 is 9.71 Å². The van der Waals surface area contributed by atoms with Gasteiger partial charge in [0, 0.05) is 24.2 Å². The Kier molecular flexibility index (Phi) is 8.62. The van der Waals surface area contributed by atoms with Crippen molar-refractivity contribution in [1.29, 1.82) is 0 Å². The van der Waals surface area contributed by atoms with E-state index in [-0.39, 0.29) is 34.6 Å². The van der Waals surface area contributed by atoms with Crippen molar-refractivity contribution in [1.82, 2.24) is 19.1 Å². The summed E-state index contributed by atoms with van der Waals surface area (Å²) < 4.78 is 72.0. The number of anilines is 1. The Morgan fingerprint density at radius 3 is 2.35 bits per heavy atom. The van der Waals surface area contributed by atoms with Crippen LogP contribution in [0, 0.1) is 5.82 Å². The minimum absolute atomic E-state index is 0.124. The minimum atomic E-state index is -4.65. The van der Waals surface area contributed by atoms with Crippen LogP contribution in [-0.4, -0.2) is 23.3 Å². The first kappa shape index (κ1) is 30.0. The van der Waals surface area contributed by atoms with Crippen molar-refractivity contribution in [2.75, 3.05) is 4.72 Å². The molecule has 224 valence electrons. The number of imidazole rings is 1. The molecule has 3 aromatic carbocycles. The number of H-pyrrole nitrogens is 1. The molecule has 0 aliphatic heterocycles. The fourth-order valence-electron chi connectivity index (χ4n) is 4.66. The Morgan fingerprint density at radius 1 is 0.953 bits per heavy atom. The highest BCUT2D eigenvalue weighted by Crippen LogP contribution is 2.33. The number of hydrogen-bond acceptors (Lipinski definition) is 4. The summed E-state index contributed by atoms with van der Waals surface area (Å²) in [6.45, 7) is 2.06. The van der Waals surface area contributed by atoms with E-state index in [1.54, 1.807) is 30.3 Å². The van der Waals surface area contributed by atoms with E-state index in [0.29, 0.717) is 24.5 Å². The molecule has 0 amide bonds. The third kappa shape index (κ3) is 6.46. The topological polar surface area (TPSA) is 102 Å². The summed E-state index contributed by atoms with van der Waals surface area (Å²) in [6.07, 6.45) is -2.94. The average molecular weight is 614 g/mol. The highest BCUT2D eigenvalue weighted by molar-refractivity contribution is 7.86. The Bertz CT molecular complexity index is 1910. The number of nitrogens with zero attached hydrogens (tertiary/aromatic N) is 3. The normalized spacial score (nSPS) is 12.5. The molecule has 0 aliphatic rings. The van der Waals surface area contributed by atoms with Crippen LogP contribution in [0.25, 0.3) is 11.2 Å². The van der Waals surface area contributed by atoms with Crippen LogP contribution >= 0.6 is 0 Å². The van der Waals surface area contributed by atoms with Crippen LogP contribution in [-0.2, 0) is 36.7 Å². The van der Waals surface area contributed by atoms with E-state index >= 15 is 0 Å². The highest BCUT2D eigenvalue weighted by atomic mass is 32.2. The summed E-state index contributed by atoms with van der Waals surface area (Å²) in [5.41, 5.74) is -0.557. The number of hydrogen-bond donors (Lipinski definition) is 2. The minimum Gasteiger partial charge on any atom is -0.336 e. The second-order valence-corrected chi connectivity index (χ2v) is 11.1. The first-order chi connectivity index (χ1) is 20.6. The third-order valence-electron chi connectivity index (χ3n) is 6.86. The van der Waals surface area contributed by atoms with Crippen LogP contribution < -0.4 is 16.0 Å². The van der Waals surface area contributed by atoms with Crippen molar-refractivity contribution < 1.29 is 21.8 Å². The molecule has 43 heavy (non-hydrogen) atoms. The largest absolute Gasteiger partial charge is 0.417 e. The number of aromatic nitrogens is 4. The molecule has 0 saturated carbocycles. The van der Waals surface area contributed by atoms with Gasteiger partial charge in [-0.15, -0.1) is 0 Å². The molecule has 5 aromatic rings. The van der Waals surface area contributed by atoms with E-state index in [1.165, 1.54) is 34.9 Å². The number of benzene rings is 3. The molecule has 0 spiro atoms. The van der Waals surface area contributed by atoms with Gasteiger partial charge in [0.1, 0.15) is 17.2 Å². The van der Waals surface area contributed by atoms with E-state index in [9.17, 15) is 31.4 Å². The Hall–Kier alpha value is -4.52. The number of nitrogens with one attached hydrogen (secondary N) is 2. The first-order valence-corrected chi connectivity index (χ1v) is 14.6. The molecular weight excluding hydrogens is 586 g/mol. The summed E-state index contributed by atoms with van der Waals surface area (Å²) in [4.78, 5) is 33.9. The molecule has 2 aromatic heterocycles. The van der Waals surface area contributed by atoms with Crippen LogP contribution in [0.3, 0.4) is 0 Å². The molecule has 13 heteroatoms. The number of unbranched alkanes of at least 4 members (excludes halogenated alkanes) is 1. The summed E-state index contributed by atoms with van der Waals surface area (Å²) in [5.74, 6) is -0.116. The highest BCUT2D eigenvalue weighted by Gasteiger charge is 2.34. The fraction of sp³-hybridized carbons (Fsp3) is 0.233. The lowest BCUT2D eigenvalue weighted by Crippen LogP contribution is -2.40. The summed E-state index contributed by atoms with van der Waals surface area (Å²) in [6, 6.07) is 17.1. The molecule has 0 radical (unpaired) electrons. The molecule has 5 rings (SSSR count). The zero-order chi connectivity index (χ0) is 30.7. The fourth-order valence-corrected chi connectivity index (χ4v) is 5.71. The molecule has 1 unspecified atom stereocenters. The van der Waals surface area contributed by atoms with Gasteiger partial charge >= 0.3 is 11.9 Å². The summed E-state index contributed by atoms with van der Waals surface area (Å²) in [7, 11) is -2.16. The molecular formula is C30H27F4N5O3S. The van der Waals surface area contributed by atoms with Crippen LogP contribution in [0.5, 0.6) is 0 Å². The lowest BCUT2D eigenvalue weighted by atomic mass is 10.1. The maximum Gasteiger partial charge on any atom is 0.417 e. The van der Waals surface area contributed by atoms with Crippen LogP contribution in [0.4, 0.5) is 23.2 Å². The van der Waals surface area contributed by atoms with Crippen LogP contribution in [0.2, 0.25) is 0 Å². The van der Waals surface area contributed by atoms with Crippen LogP contribution in [0.1, 0.15) is 42.3 Å². The lowest BCUT2D eigenvalue weighted by Gasteiger charge is -2.13. The zero-order valence-electron chi connectivity index (χ0n) is 23.0. The number of aryl methyl sites for hydroxylation is 1. The maximum absolute atomic E-state index is 14.3. The standard InChI is InChI=1S/C30H27F4N5O3S/c1-2-3-16-38-27-26(28(40)39(29(38)41)18-20-8-4-6-10-23(20)31)35-25(36-27)17-19-12-14-21(15-13-19)37-43(42)24-11-7-5-9-22(24)30(32,33)34/h4-15,37H,2-3,16-18H2,1H3,(H,35,36). The Morgan fingerprint density at radius 2 is 1.65 bits per heavy atom. The predicted octanol–water partition coefficient (Wildman–Crippen LogP) is 5.62. The van der Waals surface area contributed by atoms with E-state index in [0.717, 1.165) is 28.7 Å². The van der Waals surface area contributed by atoms with E-state index in [2.05, 4.69) is 14.7 Å². The summed E-state index contributed by atoms with van der Waals surface area (Å²) >= 11 is 0. The third-order valence-corrected chi connectivity index (χ3v) is 8.04. The maximum atomic E-state index is 14.3. The van der Waals surface area contributed by atoms with Crippen molar-refractivity contribution >= 4 is 27.8 Å². The molecule has 8 nitrogen and oxygen atoms in total. The molecule has 0 fully saturated rings. The molecule has 2 N–H and O–H groups in total. The molecule has 1 atom stereocenters. The summed E-state index contributed by atoms with van der Waals surface area (Å²) in [5, 5.41) is 0. The van der Waals surface area contributed by atoms with Gasteiger partial charge in [-0.1, -0.05) is 55.8 Å². The quantitative estimate of drug-likeness (QED) is 0.200. The predicted molar refractivity (Wildman–Crippen MR) is 156 cm³/mol. The Labute approximate surface area is 245 Å². The van der Waals surface area contributed by atoms with Crippen molar-refractivity contribution in [3.8, 4) is 0 Å². The second-order valence-electron chi connectivity index (χ2n) is 9.89.